The molecule has 0 radical (unpaired) electrons. The molecule has 0 aliphatic rings. The standard InChI is InChI=1S/C12H16FNO2/c1-7(2)16-12(15)8(3)9-5-4-6-10(13)11(9)14/h4-8H,14H2,1-3H3. The highest BCUT2D eigenvalue weighted by Crippen LogP contribution is 2.25. The first kappa shape index (κ1) is 12.5. The topological polar surface area (TPSA) is 52.3 Å². The van der Waals surface area contributed by atoms with Crippen LogP contribution in [0, 0.1) is 5.82 Å². The molecule has 3 nitrogen and oxygen atoms in total. The van der Waals surface area contributed by atoms with Gasteiger partial charge in [-0.2, -0.15) is 0 Å². The van der Waals surface area contributed by atoms with Crippen LogP contribution in [0.1, 0.15) is 32.3 Å². The van der Waals surface area contributed by atoms with Crippen LogP contribution in [0.25, 0.3) is 0 Å². The van der Waals surface area contributed by atoms with Gasteiger partial charge in [0.25, 0.3) is 0 Å². The number of benzene rings is 1. The molecule has 0 aliphatic carbocycles. The second kappa shape index (κ2) is 4.96. The van der Waals surface area contributed by atoms with Gasteiger partial charge >= 0.3 is 5.97 Å². The van der Waals surface area contributed by atoms with E-state index in [9.17, 15) is 9.18 Å². The van der Waals surface area contributed by atoms with E-state index >= 15 is 0 Å². The van der Waals surface area contributed by atoms with Gasteiger partial charge in [-0.3, -0.25) is 4.79 Å². The van der Waals surface area contributed by atoms with Gasteiger partial charge in [0.05, 0.1) is 17.7 Å². The zero-order valence-corrected chi connectivity index (χ0v) is 9.66. The molecule has 0 saturated carbocycles. The molecule has 2 N–H and O–H groups in total. The maximum absolute atomic E-state index is 13.2. The minimum Gasteiger partial charge on any atom is -0.463 e. The van der Waals surface area contributed by atoms with Crippen LogP contribution in [0.3, 0.4) is 0 Å². The quantitative estimate of drug-likeness (QED) is 0.635. The maximum Gasteiger partial charge on any atom is 0.313 e. The summed E-state index contributed by atoms with van der Waals surface area (Å²) in [6, 6.07) is 4.42. The second-order valence-corrected chi connectivity index (χ2v) is 3.95. The molecule has 4 heteroatoms. The van der Waals surface area contributed by atoms with Gasteiger partial charge in [-0.25, -0.2) is 4.39 Å². The summed E-state index contributed by atoms with van der Waals surface area (Å²) in [5.41, 5.74) is 6.04. The monoisotopic (exact) mass is 225 g/mol. The Labute approximate surface area is 94.4 Å². The third kappa shape index (κ3) is 2.72. The molecular weight excluding hydrogens is 209 g/mol. The zero-order valence-electron chi connectivity index (χ0n) is 9.66. The normalized spacial score (nSPS) is 12.6. The summed E-state index contributed by atoms with van der Waals surface area (Å²) >= 11 is 0. The largest absolute Gasteiger partial charge is 0.463 e. The Balaban J connectivity index is 2.92. The van der Waals surface area contributed by atoms with Crippen LogP contribution in [0.5, 0.6) is 0 Å². The van der Waals surface area contributed by atoms with Crippen molar-refractivity contribution in [2.24, 2.45) is 0 Å². The van der Waals surface area contributed by atoms with Gasteiger partial charge in [0, 0.05) is 0 Å². The van der Waals surface area contributed by atoms with E-state index in [1.807, 2.05) is 0 Å². The second-order valence-electron chi connectivity index (χ2n) is 3.95. The number of nitrogens with two attached hydrogens (primary N) is 1. The highest BCUT2D eigenvalue weighted by Gasteiger charge is 2.21. The first-order valence-corrected chi connectivity index (χ1v) is 5.18. The van der Waals surface area contributed by atoms with E-state index < -0.39 is 17.7 Å². The van der Waals surface area contributed by atoms with Crippen LogP contribution in [0.4, 0.5) is 10.1 Å². The number of carbonyl (C=O) groups excluding carboxylic acids is 1. The fourth-order valence-corrected chi connectivity index (χ4v) is 1.39. The maximum atomic E-state index is 13.2. The Morgan fingerprint density at radius 2 is 2.00 bits per heavy atom. The lowest BCUT2D eigenvalue weighted by Gasteiger charge is -2.15. The predicted octanol–water partition coefficient (Wildman–Crippen LogP) is 2.46. The highest BCUT2D eigenvalue weighted by atomic mass is 19.1. The van der Waals surface area contributed by atoms with Crippen molar-refractivity contribution >= 4 is 11.7 Å². The molecule has 0 aliphatic heterocycles. The lowest BCUT2D eigenvalue weighted by molar-refractivity contribution is -0.148. The van der Waals surface area contributed by atoms with Gasteiger partial charge in [-0.15, -0.1) is 0 Å². The number of halogens is 1. The van der Waals surface area contributed by atoms with Crippen molar-refractivity contribution in [2.75, 3.05) is 5.73 Å². The molecule has 1 rings (SSSR count). The zero-order chi connectivity index (χ0) is 12.3. The average molecular weight is 225 g/mol. The summed E-state index contributed by atoms with van der Waals surface area (Å²) < 4.78 is 18.2. The highest BCUT2D eigenvalue weighted by molar-refractivity contribution is 5.80. The summed E-state index contributed by atoms with van der Waals surface area (Å²) in [6.45, 7) is 5.18. The molecule has 0 saturated heterocycles. The van der Waals surface area contributed by atoms with Crippen LogP contribution in [0.15, 0.2) is 18.2 Å². The van der Waals surface area contributed by atoms with Crippen molar-refractivity contribution in [3.8, 4) is 0 Å². The van der Waals surface area contributed by atoms with Gasteiger partial charge in [0.15, 0.2) is 0 Å². The number of esters is 1. The number of rotatable bonds is 3. The Kier molecular flexibility index (Phi) is 3.88. The van der Waals surface area contributed by atoms with Crippen LogP contribution < -0.4 is 5.73 Å². The molecule has 1 atom stereocenters. The molecule has 0 spiro atoms. The number of para-hydroxylation sites is 1. The van der Waals surface area contributed by atoms with Crippen LogP contribution in [-0.4, -0.2) is 12.1 Å². The van der Waals surface area contributed by atoms with Crippen LogP contribution >= 0.6 is 0 Å². The summed E-state index contributed by atoms with van der Waals surface area (Å²) in [6.07, 6.45) is -0.190. The van der Waals surface area contributed by atoms with E-state index in [2.05, 4.69) is 0 Å². The number of anilines is 1. The van der Waals surface area contributed by atoms with E-state index in [1.54, 1.807) is 26.8 Å². The van der Waals surface area contributed by atoms with E-state index in [0.29, 0.717) is 5.56 Å². The first-order chi connectivity index (χ1) is 7.43. The number of ether oxygens (including phenoxy) is 1. The number of carbonyl (C=O) groups is 1. The average Bonchev–Trinajstić information content (AvgIpc) is 2.20. The smallest absolute Gasteiger partial charge is 0.313 e. The number of hydrogen-bond acceptors (Lipinski definition) is 3. The van der Waals surface area contributed by atoms with Crippen molar-refractivity contribution < 1.29 is 13.9 Å². The minimum absolute atomic E-state index is 0.00991. The van der Waals surface area contributed by atoms with Crippen molar-refractivity contribution in [3.63, 3.8) is 0 Å². The Morgan fingerprint density at radius 1 is 1.38 bits per heavy atom. The molecule has 1 aromatic carbocycles. The van der Waals surface area contributed by atoms with Gasteiger partial charge in [0.1, 0.15) is 5.82 Å². The summed E-state index contributed by atoms with van der Waals surface area (Å²) in [5, 5.41) is 0. The lowest BCUT2D eigenvalue weighted by atomic mass is 9.99. The van der Waals surface area contributed by atoms with Gasteiger partial charge < -0.3 is 10.5 Å². The number of nitrogen functional groups attached to an aromatic ring is 1. The van der Waals surface area contributed by atoms with Crippen molar-refractivity contribution in [2.45, 2.75) is 32.8 Å². The van der Waals surface area contributed by atoms with Gasteiger partial charge in [0.2, 0.25) is 0 Å². The molecular formula is C12H16FNO2. The molecule has 1 aromatic rings. The summed E-state index contributed by atoms with van der Waals surface area (Å²) in [4.78, 5) is 11.6. The molecule has 0 aromatic heterocycles. The van der Waals surface area contributed by atoms with Gasteiger partial charge in [-0.1, -0.05) is 12.1 Å². The van der Waals surface area contributed by atoms with Crippen molar-refractivity contribution in [1.82, 2.24) is 0 Å². The fraction of sp³-hybridized carbons (Fsp3) is 0.417. The van der Waals surface area contributed by atoms with Crippen molar-refractivity contribution in [3.05, 3.63) is 29.6 Å². The van der Waals surface area contributed by atoms with E-state index in [-0.39, 0.29) is 11.8 Å². The first-order valence-electron chi connectivity index (χ1n) is 5.18. The molecule has 1 unspecified atom stereocenters. The van der Waals surface area contributed by atoms with Crippen LogP contribution in [0.2, 0.25) is 0 Å². The molecule has 0 fully saturated rings. The predicted molar refractivity (Wildman–Crippen MR) is 60.5 cm³/mol. The molecule has 88 valence electrons. The molecule has 0 bridgehead atoms. The van der Waals surface area contributed by atoms with E-state index in [1.165, 1.54) is 12.1 Å². The molecule has 16 heavy (non-hydrogen) atoms. The minimum atomic E-state index is -0.557. The third-order valence-electron chi connectivity index (χ3n) is 2.26. The molecule has 0 heterocycles. The van der Waals surface area contributed by atoms with E-state index in [4.69, 9.17) is 10.5 Å². The third-order valence-corrected chi connectivity index (χ3v) is 2.26. The van der Waals surface area contributed by atoms with Crippen molar-refractivity contribution in [1.29, 1.82) is 0 Å². The lowest BCUT2D eigenvalue weighted by Crippen LogP contribution is -2.18. The Hall–Kier alpha value is -1.58. The summed E-state index contributed by atoms with van der Waals surface area (Å²) in [5.74, 6) is -1.47. The summed E-state index contributed by atoms with van der Waals surface area (Å²) in [7, 11) is 0. The molecule has 0 amide bonds. The number of hydrogen-bond donors (Lipinski definition) is 1. The Morgan fingerprint density at radius 3 is 2.56 bits per heavy atom. The van der Waals surface area contributed by atoms with E-state index in [0.717, 1.165) is 0 Å². The SMILES string of the molecule is CC(C)OC(=O)C(C)c1cccc(F)c1N. The van der Waals surface area contributed by atoms with Gasteiger partial charge in [-0.05, 0) is 32.4 Å². The Bertz CT molecular complexity index is 391. The van der Waals surface area contributed by atoms with Crippen LogP contribution in [-0.2, 0) is 9.53 Å². The fourth-order valence-electron chi connectivity index (χ4n) is 1.39.